The Balaban J connectivity index is 0.00000361. The van der Waals surface area contributed by atoms with E-state index in [1.807, 2.05) is 39.0 Å². The topological polar surface area (TPSA) is 103 Å². The summed E-state index contributed by atoms with van der Waals surface area (Å²) in [6.45, 7) is 6.35. The van der Waals surface area contributed by atoms with Crippen LogP contribution in [0.4, 0.5) is 10.5 Å². The predicted molar refractivity (Wildman–Crippen MR) is 152 cm³/mol. The van der Waals surface area contributed by atoms with Crippen molar-refractivity contribution >= 4 is 48.6 Å². The molecule has 38 heavy (non-hydrogen) atoms. The normalized spacial score (nSPS) is 13.6. The van der Waals surface area contributed by atoms with Crippen molar-refractivity contribution in [1.29, 1.82) is 5.26 Å². The molecule has 2 aromatic carbocycles. The molecule has 1 saturated heterocycles. The van der Waals surface area contributed by atoms with Gasteiger partial charge < -0.3 is 24.4 Å². The fourth-order valence-corrected chi connectivity index (χ4v) is 3.82. The molecule has 3 rings (SSSR count). The summed E-state index contributed by atoms with van der Waals surface area (Å²) in [6, 6.07) is 16.4. The number of piperidine rings is 1. The van der Waals surface area contributed by atoms with Gasteiger partial charge in [0.25, 0.3) is 5.91 Å². The van der Waals surface area contributed by atoms with Crippen LogP contribution in [0, 0.1) is 11.3 Å². The highest BCUT2D eigenvalue weighted by Gasteiger charge is 2.27. The van der Waals surface area contributed by atoms with Crippen LogP contribution >= 0.6 is 24.8 Å². The summed E-state index contributed by atoms with van der Waals surface area (Å²) in [5.74, 6) is 0.253. The van der Waals surface area contributed by atoms with Crippen LogP contribution in [0.15, 0.2) is 54.6 Å². The fraction of sp³-hybridized carbons (Fsp3) is 0.393. The third-order valence-electron chi connectivity index (χ3n) is 5.60. The van der Waals surface area contributed by atoms with Gasteiger partial charge in [0.15, 0.2) is 0 Å². The minimum absolute atomic E-state index is 0. The third kappa shape index (κ3) is 9.90. The molecule has 10 heteroatoms. The van der Waals surface area contributed by atoms with E-state index in [1.54, 1.807) is 47.4 Å². The number of aliphatic hydroxyl groups excluding tert-OH is 1. The summed E-state index contributed by atoms with van der Waals surface area (Å²) < 4.78 is 11.5. The molecule has 0 aromatic heterocycles. The number of rotatable bonds is 7. The lowest BCUT2D eigenvalue weighted by atomic mass is 10.1. The van der Waals surface area contributed by atoms with Gasteiger partial charge in [-0.3, -0.25) is 4.79 Å². The molecule has 1 N–H and O–H groups in total. The van der Waals surface area contributed by atoms with Crippen LogP contribution in [0.5, 0.6) is 5.75 Å². The number of carbonyl (C=O) groups excluding carboxylic acids is 2. The summed E-state index contributed by atoms with van der Waals surface area (Å²) in [7, 11) is 0. The highest BCUT2D eigenvalue weighted by Crippen LogP contribution is 2.24. The van der Waals surface area contributed by atoms with E-state index in [1.165, 1.54) is 4.90 Å². The Hall–Kier alpha value is -3.25. The van der Waals surface area contributed by atoms with Crippen molar-refractivity contribution in [3.05, 3.63) is 65.7 Å². The van der Waals surface area contributed by atoms with Gasteiger partial charge in [0, 0.05) is 38.2 Å². The zero-order chi connectivity index (χ0) is 26.1. The molecule has 206 valence electrons. The summed E-state index contributed by atoms with van der Waals surface area (Å²) in [6.07, 6.45) is 4.73. The SMILES string of the molecule is CC(C)(C)OC(=O)N1CCC(Oc2ccc(N(C/C=C/c3cccc(C#N)c3)C(=O)CO)cc2)CC1.Cl.Cl. The molecule has 1 aliphatic heterocycles. The monoisotopic (exact) mass is 563 g/mol. The molecule has 0 unspecified atom stereocenters. The van der Waals surface area contributed by atoms with E-state index in [9.17, 15) is 14.7 Å². The Labute approximate surface area is 236 Å². The maximum Gasteiger partial charge on any atom is 0.410 e. The molecule has 2 amide bonds. The molecule has 0 bridgehead atoms. The van der Waals surface area contributed by atoms with E-state index in [2.05, 4.69) is 6.07 Å². The van der Waals surface area contributed by atoms with Crippen LogP contribution in [0.25, 0.3) is 6.08 Å². The Bertz CT molecular complexity index is 1120. The Morgan fingerprint density at radius 2 is 1.79 bits per heavy atom. The van der Waals surface area contributed by atoms with E-state index >= 15 is 0 Å². The predicted octanol–water partition coefficient (Wildman–Crippen LogP) is 5.22. The third-order valence-corrected chi connectivity index (χ3v) is 5.60. The number of anilines is 1. The molecule has 1 heterocycles. The van der Waals surface area contributed by atoms with Gasteiger partial charge in [0.1, 0.15) is 24.1 Å². The van der Waals surface area contributed by atoms with Crippen molar-refractivity contribution in [2.45, 2.75) is 45.3 Å². The molecule has 0 spiro atoms. The Kier molecular flexibility index (Phi) is 13.1. The van der Waals surface area contributed by atoms with Crippen LogP contribution < -0.4 is 9.64 Å². The maximum atomic E-state index is 12.4. The number of amides is 2. The van der Waals surface area contributed by atoms with E-state index < -0.39 is 18.1 Å². The highest BCUT2D eigenvalue weighted by molar-refractivity contribution is 5.94. The number of ether oxygens (including phenoxy) is 2. The number of aliphatic hydroxyl groups is 1. The van der Waals surface area contributed by atoms with Gasteiger partial charge in [-0.25, -0.2) is 4.79 Å². The van der Waals surface area contributed by atoms with Crippen molar-refractivity contribution in [2.24, 2.45) is 0 Å². The maximum absolute atomic E-state index is 12.4. The number of benzene rings is 2. The van der Waals surface area contributed by atoms with Gasteiger partial charge in [-0.1, -0.05) is 24.3 Å². The molecule has 1 fully saturated rings. The van der Waals surface area contributed by atoms with Gasteiger partial charge in [0.2, 0.25) is 0 Å². The summed E-state index contributed by atoms with van der Waals surface area (Å²) in [5, 5.41) is 18.5. The minimum atomic E-state index is -0.605. The van der Waals surface area contributed by atoms with Crippen LogP contribution in [-0.2, 0) is 9.53 Å². The van der Waals surface area contributed by atoms with Crippen molar-refractivity contribution in [2.75, 3.05) is 31.1 Å². The molecule has 1 aliphatic rings. The number of carbonyl (C=O) groups is 2. The first-order valence-electron chi connectivity index (χ1n) is 12.0. The molecular formula is C28H35Cl2N3O5. The lowest BCUT2D eigenvalue weighted by molar-refractivity contribution is -0.121. The van der Waals surface area contributed by atoms with Crippen LogP contribution in [-0.4, -0.2) is 60.0 Å². The summed E-state index contributed by atoms with van der Waals surface area (Å²) >= 11 is 0. The molecular weight excluding hydrogens is 529 g/mol. The average Bonchev–Trinajstić information content (AvgIpc) is 2.86. The Morgan fingerprint density at radius 3 is 2.37 bits per heavy atom. The standard InChI is InChI=1S/C28H33N3O5.2ClH/c1-28(2,3)36-27(34)30-16-13-25(14-17-30)35-24-11-9-23(10-12-24)31(26(33)20-32)15-5-8-21-6-4-7-22(18-21)19-29;;/h4-12,18,25,32H,13-17,20H2,1-3H3;2*1H/b8-5+;;. The molecule has 8 nitrogen and oxygen atoms in total. The number of likely N-dealkylation sites (tertiary alicyclic amines) is 1. The van der Waals surface area contributed by atoms with E-state index in [0.717, 1.165) is 5.56 Å². The number of hydrogen-bond acceptors (Lipinski definition) is 6. The van der Waals surface area contributed by atoms with Gasteiger partial charge in [0.05, 0.1) is 11.6 Å². The number of hydrogen-bond donors (Lipinski definition) is 1. The van der Waals surface area contributed by atoms with Crippen LogP contribution in [0.3, 0.4) is 0 Å². The zero-order valence-corrected chi connectivity index (χ0v) is 23.5. The average molecular weight is 565 g/mol. The van der Waals surface area contributed by atoms with E-state index in [-0.39, 0.29) is 43.6 Å². The number of nitriles is 1. The van der Waals surface area contributed by atoms with Gasteiger partial charge in [-0.05, 0) is 62.7 Å². The lowest BCUT2D eigenvalue weighted by Crippen LogP contribution is -2.44. The second-order valence-corrected chi connectivity index (χ2v) is 9.58. The van der Waals surface area contributed by atoms with Crippen molar-refractivity contribution in [3.8, 4) is 11.8 Å². The first kappa shape index (κ1) is 32.8. The smallest absolute Gasteiger partial charge is 0.410 e. The van der Waals surface area contributed by atoms with Gasteiger partial charge in [-0.2, -0.15) is 5.26 Å². The van der Waals surface area contributed by atoms with Crippen LogP contribution in [0.2, 0.25) is 0 Å². The van der Waals surface area contributed by atoms with Gasteiger partial charge in [-0.15, -0.1) is 24.8 Å². The minimum Gasteiger partial charge on any atom is -0.490 e. The lowest BCUT2D eigenvalue weighted by Gasteiger charge is -2.33. The van der Waals surface area contributed by atoms with Crippen molar-refractivity contribution in [1.82, 2.24) is 4.90 Å². The molecule has 2 aromatic rings. The molecule has 0 radical (unpaired) electrons. The Morgan fingerprint density at radius 1 is 1.13 bits per heavy atom. The number of nitrogens with zero attached hydrogens (tertiary/aromatic N) is 3. The van der Waals surface area contributed by atoms with Crippen LogP contribution in [0.1, 0.15) is 44.7 Å². The highest BCUT2D eigenvalue weighted by atomic mass is 35.5. The first-order valence-corrected chi connectivity index (χ1v) is 12.0. The number of halogens is 2. The second kappa shape index (κ2) is 15.2. The van der Waals surface area contributed by atoms with Gasteiger partial charge >= 0.3 is 6.09 Å². The van der Waals surface area contributed by atoms with E-state index in [0.29, 0.717) is 42.9 Å². The van der Waals surface area contributed by atoms with Crippen molar-refractivity contribution in [3.63, 3.8) is 0 Å². The van der Waals surface area contributed by atoms with E-state index in [4.69, 9.17) is 14.7 Å². The fourth-order valence-electron chi connectivity index (χ4n) is 3.82. The summed E-state index contributed by atoms with van der Waals surface area (Å²) in [4.78, 5) is 27.8. The summed E-state index contributed by atoms with van der Waals surface area (Å²) in [5.41, 5.74) is 1.53. The largest absolute Gasteiger partial charge is 0.490 e. The van der Waals surface area contributed by atoms with Crippen molar-refractivity contribution < 1.29 is 24.2 Å². The quantitative estimate of drug-likeness (QED) is 0.495. The zero-order valence-electron chi connectivity index (χ0n) is 21.8. The molecule has 0 saturated carbocycles. The molecule has 0 atom stereocenters. The first-order chi connectivity index (χ1) is 17.2. The molecule has 0 aliphatic carbocycles. The second-order valence-electron chi connectivity index (χ2n) is 9.58.